The molecule has 1 amide bonds. The van der Waals surface area contributed by atoms with Gasteiger partial charge in [-0.05, 0) is 25.1 Å². The zero-order chi connectivity index (χ0) is 20.0. The van der Waals surface area contributed by atoms with Gasteiger partial charge in [-0.25, -0.2) is 8.78 Å². The first-order valence-electron chi connectivity index (χ1n) is 8.07. The number of ether oxygens (including phenoxy) is 4. The summed E-state index contributed by atoms with van der Waals surface area (Å²) < 4.78 is 47.3. The van der Waals surface area contributed by atoms with E-state index in [9.17, 15) is 13.6 Å². The lowest BCUT2D eigenvalue weighted by molar-refractivity contribution is -0.127. The summed E-state index contributed by atoms with van der Waals surface area (Å²) in [6.45, 7) is 1.65. The van der Waals surface area contributed by atoms with Gasteiger partial charge in [0.15, 0.2) is 29.2 Å². The predicted molar refractivity (Wildman–Crippen MR) is 94.4 cm³/mol. The monoisotopic (exact) mass is 381 g/mol. The molecular formula is C19H21F2NO5. The highest BCUT2D eigenvalue weighted by atomic mass is 19.2. The molecule has 0 aliphatic rings. The highest BCUT2D eigenvalue weighted by Crippen LogP contribution is 2.34. The maximum absolute atomic E-state index is 13.2. The van der Waals surface area contributed by atoms with Gasteiger partial charge in [-0.3, -0.25) is 4.79 Å². The number of carbonyl (C=O) groups excluding carboxylic acids is 1. The van der Waals surface area contributed by atoms with Crippen molar-refractivity contribution in [3.63, 3.8) is 0 Å². The normalized spacial score (nSPS) is 11.5. The third-order valence-corrected chi connectivity index (χ3v) is 3.81. The first-order valence-corrected chi connectivity index (χ1v) is 8.07. The van der Waals surface area contributed by atoms with Crippen LogP contribution in [0, 0.1) is 11.6 Å². The second kappa shape index (κ2) is 9.07. The van der Waals surface area contributed by atoms with Crippen molar-refractivity contribution in [1.82, 2.24) is 5.32 Å². The number of rotatable bonds is 8. The fourth-order valence-corrected chi connectivity index (χ4v) is 2.36. The Balaban J connectivity index is 2.04. The van der Waals surface area contributed by atoms with Gasteiger partial charge in [0.1, 0.15) is 11.5 Å². The van der Waals surface area contributed by atoms with E-state index in [1.165, 1.54) is 34.3 Å². The van der Waals surface area contributed by atoms with E-state index in [2.05, 4.69) is 5.32 Å². The first-order chi connectivity index (χ1) is 12.9. The number of halogens is 2. The van der Waals surface area contributed by atoms with Crippen LogP contribution in [0.25, 0.3) is 0 Å². The van der Waals surface area contributed by atoms with Crippen molar-refractivity contribution in [2.45, 2.75) is 19.6 Å². The van der Waals surface area contributed by atoms with Crippen LogP contribution >= 0.6 is 0 Å². The third kappa shape index (κ3) is 4.99. The summed E-state index contributed by atoms with van der Waals surface area (Å²) in [6.07, 6.45) is -0.916. The summed E-state index contributed by atoms with van der Waals surface area (Å²) in [5.74, 6) is -0.901. The molecule has 146 valence electrons. The van der Waals surface area contributed by atoms with Crippen LogP contribution in [0.2, 0.25) is 0 Å². The van der Waals surface area contributed by atoms with Gasteiger partial charge in [-0.1, -0.05) is 0 Å². The van der Waals surface area contributed by atoms with E-state index in [0.29, 0.717) is 22.8 Å². The third-order valence-electron chi connectivity index (χ3n) is 3.81. The molecule has 1 unspecified atom stereocenters. The van der Waals surface area contributed by atoms with Crippen LogP contribution in [-0.4, -0.2) is 33.3 Å². The van der Waals surface area contributed by atoms with Crippen molar-refractivity contribution in [1.29, 1.82) is 0 Å². The van der Waals surface area contributed by atoms with E-state index in [0.717, 1.165) is 12.1 Å². The lowest BCUT2D eigenvalue weighted by Crippen LogP contribution is -2.36. The van der Waals surface area contributed by atoms with E-state index in [4.69, 9.17) is 18.9 Å². The molecule has 0 saturated carbocycles. The highest BCUT2D eigenvalue weighted by molar-refractivity contribution is 5.80. The average Bonchev–Trinajstić information content (AvgIpc) is 2.67. The molecule has 0 aliphatic heterocycles. The van der Waals surface area contributed by atoms with Crippen LogP contribution in [0.3, 0.4) is 0 Å². The molecule has 27 heavy (non-hydrogen) atoms. The Bertz CT molecular complexity index is 813. The van der Waals surface area contributed by atoms with Gasteiger partial charge in [0.2, 0.25) is 0 Å². The van der Waals surface area contributed by atoms with Gasteiger partial charge in [0, 0.05) is 24.2 Å². The van der Waals surface area contributed by atoms with E-state index in [1.54, 1.807) is 12.1 Å². The Labute approximate surface area is 156 Å². The van der Waals surface area contributed by atoms with E-state index >= 15 is 0 Å². The quantitative estimate of drug-likeness (QED) is 0.761. The van der Waals surface area contributed by atoms with Crippen molar-refractivity contribution >= 4 is 5.91 Å². The molecule has 2 aromatic carbocycles. The second-order valence-corrected chi connectivity index (χ2v) is 5.57. The van der Waals surface area contributed by atoms with E-state index in [-0.39, 0.29) is 12.3 Å². The maximum Gasteiger partial charge on any atom is 0.261 e. The summed E-state index contributed by atoms with van der Waals surface area (Å²) >= 11 is 0. The van der Waals surface area contributed by atoms with Gasteiger partial charge in [0.05, 0.1) is 21.3 Å². The average molecular weight is 381 g/mol. The maximum atomic E-state index is 13.2. The smallest absolute Gasteiger partial charge is 0.261 e. The number of hydrogen-bond acceptors (Lipinski definition) is 5. The summed E-state index contributed by atoms with van der Waals surface area (Å²) in [5.41, 5.74) is 0.670. The van der Waals surface area contributed by atoms with Crippen LogP contribution in [-0.2, 0) is 11.3 Å². The van der Waals surface area contributed by atoms with Crippen LogP contribution in [0.5, 0.6) is 23.0 Å². The van der Waals surface area contributed by atoms with Crippen LogP contribution in [0.1, 0.15) is 12.5 Å². The number of benzene rings is 2. The van der Waals surface area contributed by atoms with Crippen LogP contribution in [0.4, 0.5) is 8.78 Å². The molecule has 0 aromatic heterocycles. The molecular weight excluding hydrogens is 360 g/mol. The first kappa shape index (κ1) is 20.3. The zero-order valence-electron chi connectivity index (χ0n) is 15.5. The minimum absolute atomic E-state index is 0.0558. The Morgan fingerprint density at radius 1 is 0.963 bits per heavy atom. The summed E-state index contributed by atoms with van der Waals surface area (Å²) in [7, 11) is 4.52. The number of carbonyl (C=O) groups is 1. The number of hydrogen-bond donors (Lipinski definition) is 1. The van der Waals surface area contributed by atoms with E-state index in [1.807, 2.05) is 0 Å². The second-order valence-electron chi connectivity index (χ2n) is 5.57. The van der Waals surface area contributed by atoms with Crippen molar-refractivity contribution in [3.05, 3.63) is 47.5 Å². The van der Waals surface area contributed by atoms with Crippen LogP contribution < -0.4 is 24.3 Å². The van der Waals surface area contributed by atoms with Crippen molar-refractivity contribution in [2.75, 3.05) is 21.3 Å². The van der Waals surface area contributed by atoms with Crippen molar-refractivity contribution in [3.8, 4) is 23.0 Å². The van der Waals surface area contributed by atoms with Gasteiger partial charge < -0.3 is 24.3 Å². The predicted octanol–water partition coefficient (Wildman–Crippen LogP) is 3.07. The summed E-state index contributed by atoms with van der Waals surface area (Å²) in [6, 6.07) is 6.42. The Hall–Kier alpha value is -3.03. The molecule has 0 saturated heterocycles. The Kier molecular flexibility index (Phi) is 6.81. The SMILES string of the molecule is COc1cc(OC)c(OC)cc1CNC(=O)C(C)Oc1ccc(F)c(F)c1. The van der Waals surface area contributed by atoms with Crippen molar-refractivity contribution < 1.29 is 32.5 Å². The fraction of sp³-hybridized carbons (Fsp3) is 0.316. The number of methoxy groups -OCH3 is 3. The molecule has 1 atom stereocenters. The molecule has 2 rings (SSSR count). The molecule has 0 bridgehead atoms. The number of amides is 1. The molecule has 1 N–H and O–H groups in total. The van der Waals surface area contributed by atoms with Crippen molar-refractivity contribution in [2.24, 2.45) is 0 Å². The lowest BCUT2D eigenvalue weighted by Gasteiger charge is -2.17. The van der Waals surface area contributed by atoms with Crippen LogP contribution in [0.15, 0.2) is 30.3 Å². The number of nitrogens with one attached hydrogen (secondary N) is 1. The minimum atomic E-state index is -1.05. The zero-order valence-corrected chi connectivity index (χ0v) is 15.5. The molecule has 8 heteroatoms. The standard InChI is InChI=1S/C19H21F2NO5/c1-11(27-13-5-6-14(20)15(21)8-13)19(23)22-10-12-7-17(25-3)18(26-4)9-16(12)24-2/h5-9,11H,10H2,1-4H3,(H,22,23). The minimum Gasteiger partial charge on any atom is -0.496 e. The molecule has 0 fully saturated rings. The molecule has 2 aromatic rings. The van der Waals surface area contributed by atoms with Gasteiger partial charge in [-0.15, -0.1) is 0 Å². The van der Waals surface area contributed by atoms with Gasteiger partial charge in [0.25, 0.3) is 5.91 Å². The largest absolute Gasteiger partial charge is 0.496 e. The molecule has 0 aliphatic carbocycles. The lowest BCUT2D eigenvalue weighted by atomic mass is 10.1. The molecule has 0 heterocycles. The molecule has 0 radical (unpaired) electrons. The summed E-state index contributed by atoms with van der Waals surface area (Å²) in [4.78, 5) is 12.2. The fourth-order valence-electron chi connectivity index (χ4n) is 2.36. The Morgan fingerprint density at radius 2 is 1.59 bits per heavy atom. The topological polar surface area (TPSA) is 66.0 Å². The molecule has 6 nitrogen and oxygen atoms in total. The van der Waals surface area contributed by atoms with Gasteiger partial charge in [-0.2, -0.15) is 0 Å². The molecule has 0 spiro atoms. The Morgan fingerprint density at radius 3 is 2.19 bits per heavy atom. The summed E-state index contributed by atoms with van der Waals surface area (Å²) in [5, 5.41) is 2.70. The van der Waals surface area contributed by atoms with E-state index < -0.39 is 23.6 Å². The van der Waals surface area contributed by atoms with Gasteiger partial charge >= 0.3 is 0 Å². The highest BCUT2D eigenvalue weighted by Gasteiger charge is 2.17.